The second kappa shape index (κ2) is 9.68. The van der Waals surface area contributed by atoms with Crippen LogP contribution in [-0.4, -0.2) is 24.0 Å². The van der Waals surface area contributed by atoms with Gasteiger partial charge in [-0.3, -0.25) is 9.69 Å². The number of ketones is 1. The quantitative estimate of drug-likeness (QED) is 0.288. The number of rotatable bonds is 5. The average molecular weight is 492 g/mol. The first-order chi connectivity index (χ1) is 18.0. The average Bonchev–Trinajstić information content (AvgIpc) is 3.24. The van der Waals surface area contributed by atoms with E-state index >= 15 is 0 Å². The fraction of sp³-hybridized carbons (Fsp3) is 0.156. The first kappa shape index (κ1) is 23.2. The summed E-state index contributed by atoms with van der Waals surface area (Å²) in [7, 11) is 0. The largest absolute Gasteiger partial charge is 0.477 e. The van der Waals surface area contributed by atoms with E-state index in [-0.39, 0.29) is 11.6 Å². The van der Waals surface area contributed by atoms with Crippen LogP contribution in [-0.2, 0) is 13.0 Å². The molecule has 4 nitrogen and oxygen atoms in total. The van der Waals surface area contributed by atoms with Gasteiger partial charge in [-0.05, 0) is 59.9 Å². The molecule has 2 aliphatic rings. The molecule has 0 unspecified atom stereocenters. The van der Waals surface area contributed by atoms with E-state index in [1.165, 1.54) is 12.1 Å². The number of allylic oxidation sites excluding steroid dienone is 1. The van der Waals surface area contributed by atoms with Crippen LogP contribution in [0.5, 0.6) is 11.5 Å². The molecule has 5 heteroatoms. The molecule has 4 aromatic rings. The summed E-state index contributed by atoms with van der Waals surface area (Å²) in [6.45, 7) is 3.85. The summed E-state index contributed by atoms with van der Waals surface area (Å²) >= 11 is 0. The van der Waals surface area contributed by atoms with Crippen LogP contribution >= 0.6 is 0 Å². The highest BCUT2D eigenvalue weighted by Gasteiger charge is 2.33. The van der Waals surface area contributed by atoms with Gasteiger partial charge in [0.25, 0.3) is 0 Å². The Labute approximate surface area is 215 Å². The van der Waals surface area contributed by atoms with Crippen molar-refractivity contribution >= 4 is 11.9 Å². The zero-order valence-corrected chi connectivity index (χ0v) is 20.5. The molecule has 0 saturated heterocycles. The second-order valence-electron chi connectivity index (χ2n) is 9.50. The van der Waals surface area contributed by atoms with E-state index in [0.29, 0.717) is 30.3 Å². The smallest absolute Gasteiger partial charge is 0.231 e. The van der Waals surface area contributed by atoms with Gasteiger partial charge < -0.3 is 9.47 Å². The highest BCUT2D eigenvalue weighted by Crippen LogP contribution is 2.43. The third-order valence-electron chi connectivity index (χ3n) is 6.95. The lowest BCUT2D eigenvalue weighted by atomic mass is 9.99. The lowest BCUT2D eigenvalue weighted by Gasteiger charge is -2.30. The molecule has 0 N–H and O–H groups in total. The maximum absolute atomic E-state index is 13.3. The van der Waals surface area contributed by atoms with Gasteiger partial charge in [0.05, 0.1) is 5.56 Å². The Morgan fingerprint density at radius 3 is 2.41 bits per heavy atom. The van der Waals surface area contributed by atoms with Crippen LogP contribution in [0.1, 0.15) is 32.6 Å². The molecule has 0 bridgehead atoms. The molecule has 0 fully saturated rings. The number of benzene rings is 4. The number of ether oxygens (including phenoxy) is 2. The summed E-state index contributed by atoms with van der Waals surface area (Å²) in [5.74, 6) is 1.35. The van der Waals surface area contributed by atoms with Gasteiger partial charge in [0.1, 0.15) is 24.0 Å². The molecule has 0 radical (unpaired) electrons. The van der Waals surface area contributed by atoms with Crippen molar-refractivity contribution in [2.24, 2.45) is 0 Å². The highest BCUT2D eigenvalue weighted by molar-refractivity contribution is 6.15. The third kappa shape index (κ3) is 4.66. The lowest BCUT2D eigenvalue weighted by molar-refractivity contribution is 0.0954. The molecule has 184 valence electrons. The number of hydrogen-bond acceptors (Lipinski definition) is 4. The molecule has 2 heterocycles. The van der Waals surface area contributed by atoms with Crippen molar-refractivity contribution in [3.8, 4) is 22.6 Å². The molecule has 0 amide bonds. The van der Waals surface area contributed by atoms with E-state index in [4.69, 9.17) is 9.47 Å². The standard InChI is InChI=1S/C32H26FNO3/c1-21-31-26(19-34(20-36-31)16-15-22-9-13-27(33)14-10-22)18-28-30(35)29(37-32(21)28)17-23-7-11-25(12-8-23)24-5-3-2-4-6-24/h2-14,17-18H,15-16,19-20H2,1H3/b29-17-. The van der Waals surface area contributed by atoms with Crippen LogP contribution in [0.25, 0.3) is 17.2 Å². The summed E-state index contributed by atoms with van der Waals surface area (Å²) in [5.41, 5.74) is 6.65. The summed E-state index contributed by atoms with van der Waals surface area (Å²) in [6, 6.07) is 26.8. The van der Waals surface area contributed by atoms with Gasteiger partial charge >= 0.3 is 0 Å². The Morgan fingerprint density at radius 1 is 0.919 bits per heavy atom. The molecule has 0 saturated carbocycles. The van der Waals surface area contributed by atoms with Crippen LogP contribution in [0, 0.1) is 12.7 Å². The first-order valence-electron chi connectivity index (χ1n) is 12.4. The summed E-state index contributed by atoms with van der Waals surface area (Å²) in [4.78, 5) is 15.5. The predicted octanol–water partition coefficient (Wildman–Crippen LogP) is 6.81. The Bertz CT molecular complexity index is 1490. The summed E-state index contributed by atoms with van der Waals surface area (Å²) < 4.78 is 25.3. The van der Waals surface area contributed by atoms with Crippen molar-refractivity contribution in [1.82, 2.24) is 4.90 Å². The van der Waals surface area contributed by atoms with Crippen LogP contribution in [0.3, 0.4) is 0 Å². The zero-order chi connectivity index (χ0) is 25.4. The van der Waals surface area contributed by atoms with Crippen molar-refractivity contribution in [1.29, 1.82) is 0 Å². The molecule has 2 aliphatic heterocycles. The van der Waals surface area contributed by atoms with Crippen molar-refractivity contribution in [3.05, 3.63) is 124 Å². The topological polar surface area (TPSA) is 38.8 Å². The predicted molar refractivity (Wildman–Crippen MR) is 142 cm³/mol. The Hall–Kier alpha value is -4.22. The van der Waals surface area contributed by atoms with E-state index in [9.17, 15) is 9.18 Å². The zero-order valence-electron chi connectivity index (χ0n) is 20.5. The molecular weight excluding hydrogens is 465 g/mol. The molecule has 0 spiro atoms. The maximum atomic E-state index is 13.3. The van der Waals surface area contributed by atoms with Gasteiger partial charge in [-0.2, -0.15) is 0 Å². The van der Waals surface area contributed by atoms with E-state index in [2.05, 4.69) is 17.0 Å². The number of fused-ring (bicyclic) bond motifs is 2. The van der Waals surface area contributed by atoms with Gasteiger partial charge in [-0.15, -0.1) is 0 Å². The van der Waals surface area contributed by atoms with Crippen LogP contribution in [0.2, 0.25) is 0 Å². The highest BCUT2D eigenvalue weighted by atomic mass is 19.1. The fourth-order valence-electron chi connectivity index (χ4n) is 4.93. The van der Waals surface area contributed by atoms with Gasteiger partial charge in [-0.1, -0.05) is 66.7 Å². The molecule has 0 atom stereocenters. The van der Waals surface area contributed by atoms with Crippen molar-refractivity contribution in [2.45, 2.75) is 19.9 Å². The lowest BCUT2D eigenvalue weighted by Crippen LogP contribution is -2.34. The number of carbonyl (C=O) groups is 1. The minimum Gasteiger partial charge on any atom is -0.477 e. The minimum atomic E-state index is -0.229. The maximum Gasteiger partial charge on any atom is 0.231 e. The molecule has 37 heavy (non-hydrogen) atoms. The van der Waals surface area contributed by atoms with E-state index < -0.39 is 0 Å². The van der Waals surface area contributed by atoms with E-state index in [1.54, 1.807) is 6.08 Å². The van der Waals surface area contributed by atoms with Gasteiger partial charge in [0.15, 0.2) is 5.76 Å². The molecule has 0 aromatic heterocycles. The first-order valence-corrected chi connectivity index (χ1v) is 12.4. The second-order valence-corrected chi connectivity index (χ2v) is 9.50. The SMILES string of the molecule is Cc1c2c(cc3c1O/C(=C\c1ccc(-c4ccccc4)cc1)C3=O)CN(CCc1ccc(F)cc1)CO2. The number of Topliss-reactive ketones (excluding diaryl/α,β-unsaturated/α-hetero) is 1. The van der Waals surface area contributed by atoms with Crippen LogP contribution in [0.15, 0.2) is 90.7 Å². The monoisotopic (exact) mass is 491 g/mol. The van der Waals surface area contributed by atoms with E-state index in [0.717, 1.165) is 52.1 Å². The number of carbonyl (C=O) groups excluding carboxylic acids is 1. The summed E-state index contributed by atoms with van der Waals surface area (Å²) in [6.07, 6.45) is 2.59. The van der Waals surface area contributed by atoms with E-state index in [1.807, 2.05) is 67.6 Å². The molecular formula is C32H26FNO3. The summed E-state index contributed by atoms with van der Waals surface area (Å²) in [5, 5.41) is 0. The normalized spacial score (nSPS) is 15.7. The molecule has 6 rings (SSSR count). The van der Waals surface area contributed by atoms with Gasteiger partial charge in [0.2, 0.25) is 5.78 Å². The minimum absolute atomic E-state index is 0.114. The van der Waals surface area contributed by atoms with Crippen molar-refractivity contribution < 1.29 is 18.7 Å². The van der Waals surface area contributed by atoms with Gasteiger partial charge in [0, 0.05) is 24.2 Å². The Balaban J connectivity index is 1.19. The number of nitrogens with zero attached hydrogens (tertiary/aromatic N) is 1. The third-order valence-corrected chi connectivity index (χ3v) is 6.95. The van der Waals surface area contributed by atoms with Crippen molar-refractivity contribution in [3.63, 3.8) is 0 Å². The van der Waals surface area contributed by atoms with Crippen LogP contribution < -0.4 is 9.47 Å². The Morgan fingerprint density at radius 2 is 1.65 bits per heavy atom. The number of halogens is 1. The molecule has 4 aromatic carbocycles. The van der Waals surface area contributed by atoms with Gasteiger partial charge in [-0.25, -0.2) is 4.39 Å². The van der Waals surface area contributed by atoms with Crippen LogP contribution in [0.4, 0.5) is 4.39 Å². The van der Waals surface area contributed by atoms with Crippen molar-refractivity contribution in [2.75, 3.05) is 13.3 Å². The number of hydrogen-bond donors (Lipinski definition) is 0. The molecule has 0 aliphatic carbocycles. The Kier molecular flexibility index (Phi) is 6.07. The fourth-order valence-corrected chi connectivity index (χ4v) is 4.93.